The third-order valence-electron chi connectivity index (χ3n) is 16.3. The van der Waals surface area contributed by atoms with Gasteiger partial charge in [0.1, 0.15) is 6.61 Å². The van der Waals surface area contributed by atoms with Crippen LogP contribution in [-0.2, 0) is 14.4 Å². The first kappa shape index (κ1) is 32.9. The highest BCUT2D eigenvalue weighted by atomic mass is 16.3. The van der Waals surface area contributed by atoms with Gasteiger partial charge in [-0.25, -0.2) is 0 Å². The fourth-order valence-corrected chi connectivity index (χ4v) is 13.9. The molecule has 0 aromatic heterocycles. The van der Waals surface area contributed by atoms with Gasteiger partial charge in [-0.05, 0) is 153 Å². The molecular weight excluding hydrogens is 576 g/mol. The average molecular weight is 635 g/mol. The molecule has 6 fully saturated rings. The van der Waals surface area contributed by atoms with E-state index >= 15 is 0 Å². The lowest BCUT2D eigenvalue weighted by Crippen LogP contribution is -2.57. The van der Waals surface area contributed by atoms with Crippen molar-refractivity contribution >= 4 is 17.3 Å². The van der Waals surface area contributed by atoms with Crippen LogP contribution >= 0.6 is 0 Å². The first-order chi connectivity index (χ1) is 21.8. The molecule has 0 bridgehead atoms. The highest BCUT2D eigenvalue weighted by Crippen LogP contribution is 2.67. The normalized spacial score (nSPS) is 50.7. The summed E-state index contributed by atoms with van der Waals surface area (Å²) in [5.74, 6) is 3.69. The summed E-state index contributed by atoms with van der Waals surface area (Å²) in [6, 6.07) is 0. The molecule has 13 atom stereocenters. The molecule has 6 heteroatoms. The number of rotatable bonds is 2. The van der Waals surface area contributed by atoms with Crippen LogP contribution in [0.1, 0.15) is 124 Å². The molecule has 8 aliphatic rings. The Morgan fingerprint density at radius 2 is 1.28 bits per heavy atom. The molecular formula is C40H58O6. The molecule has 0 aromatic carbocycles. The molecule has 0 heterocycles. The summed E-state index contributed by atoms with van der Waals surface area (Å²) in [5.41, 5.74) is 2.87. The van der Waals surface area contributed by atoms with Crippen LogP contribution in [0.2, 0.25) is 0 Å². The van der Waals surface area contributed by atoms with E-state index in [-0.39, 0.29) is 57.8 Å². The van der Waals surface area contributed by atoms with Crippen LogP contribution in [0.5, 0.6) is 0 Å². The van der Waals surface area contributed by atoms with Gasteiger partial charge in [0, 0.05) is 18.8 Å². The Balaban J connectivity index is 0.000000149. The highest BCUT2D eigenvalue weighted by Gasteiger charge is 2.63. The Labute approximate surface area is 275 Å². The van der Waals surface area contributed by atoms with E-state index in [1.165, 1.54) is 36.8 Å². The second kappa shape index (κ2) is 11.5. The molecule has 6 saturated carbocycles. The lowest BCUT2D eigenvalue weighted by Gasteiger charge is -2.59. The molecule has 3 N–H and O–H groups in total. The third kappa shape index (κ3) is 4.76. The molecule has 0 saturated heterocycles. The van der Waals surface area contributed by atoms with Crippen molar-refractivity contribution in [2.45, 2.75) is 136 Å². The lowest BCUT2D eigenvalue weighted by molar-refractivity contribution is -0.146. The Kier molecular flexibility index (Phi) is 8.21. The molecule has 0 amide bonds. The monoisotopic (exact) mass is 634 g/mol. The Hall–Kier alpha value is -1.63. The number of aliphatic hydroxyl groups is 3. The minimum Gasteiger partial charge on any atom is -0.393 e. The maximum Gasteiger partial charge on any atom is 0.161 e. The number of ketones is 3. The fraction of sp³-hybridized carbons (Fsp3) is 0.825. The molecule has 8 rings (SSSR count). The van der Waals surface area contributed by atoms with E-state index in [2.05, 4.69) is 27.7 Å². The molecule has 0 radical (unpaired) electrons. The average Bonchev–Trinajstić information content (AvgIpc) is 3.52. The van der Waals surface area contributed by atoms with Gasteiger partial charge in [0.25, 0.3) is 0 Å². The number of hydrogen-bond donors (Lipinski definition) is 3. The predicted molar refractivity (Wildman–Crippen MR) is 176 cm³/mol. The van der Waals surface area contributed by atoms with Crippen LogP contribution in [0.25, 0.3) is 0 Å². The largest absolute Gasteiger partial charge is 0.393 e. The van der Waals surface area contributed by atoms with Gasteiger partial charge in [-0.15, -0.1) is 0 Å². The number of hydrogen-bond acceptors (Lipinski definition) is 6. The zero-order chi connectivity index (χ0) is 32.8. The topological polar surface area (TPSA) is 112 Å². The molecule has 0 aromatic rings. The quantitative estimate of drug-likeness (QED) is 0.318. The summed E-state index contributed by atoms with van der Waals surface area (Å²) in [6.07, 6.45) is 18.0. The molecule has 8 aliphatic carbocycles. The van der Waals surface area contributed by atoms with E-state index in [1.54, 1.807) is 0 Å². The maximum atomic E-state index is 12.3. The molecule has 0 aliphatic heterocycles. The number of carbonyl (C=O) groups is 3. The SMILES string of the molecule is C[C@]12CC[C@H]3[C@@H](CCC4=CC(=O)CC[C@@]43C)[C@@H]1CC[C@@H]2O.C[C@]12C[C@H](O)[C@H]3[C@@H](CCC4=CC(=O)CC[C@@]43C)[C@@H]1CC[C@@H]2C(=O)CO. The first-order valence-corrected chi connectivity index (χ1v) is 18.7. The van der Waals surface area contributed by atoms with E-state index < -0.39 is 6.10 Å². The van der Waals surface area contributed by atoms with Gasteiger partial charge >= 0.3 is 0 Å². The number of allylic oxidation sites excluding steroid dienone is 2. The zero-order valence-electron chi connectivity index (χ0n) is 28.7. The van der Waals surface area contributed by atoms with Gasteiger partial charge in [0.05, 0.1) is 12.2 Å². The highest BCUT2D eigenvalue weighted by molar-refractivity contribution is 5.92. The second-order valence-electron chi connectivity index (χ2n) is 18.0. The van der Waals surface area contributed by atoms with Gasteiger partial charge < -0.3 is 15.3 Å². The van der Waals surface area contributed by atoms with E-state index in [4.69, 9.17) is 0 Å². The first-order valence-electron chi connectivity index (χ1n) is 18.7. The van der Waals surface area contributed by atoms with Crippen molar-refractivity contribution in [3.05, 3.63) is 23.3 Å². The van der Waals surface area contributed by atoms with Crippen LogP contribution < -0.4 is 0 Å². The minimum atomic E-state index is -0.430. The summed E-state index contributed by atoms with van der Waals surface area (Å²) in [7, 11) is 0. The summed E-state index contributed by atoms with van der Waals surface area (Å²) in [4.78, 5) is 36.0. The lowest BCUT2D eigenvalue weighted by atomic mass is 9.46. The molecule has 0 unspecified atom stereocenters. The van der Waals surface area contributed by atoms with Crippen molar-refractivity contribution < 1.29 is 29.7 Å². The molecule has 6 nitrogen and oxygen atoms in total. The van der Waals surface area contributed by atoms with E-state index in [1.807, 2.05) is 12.2 Å². The Morgan fingerprint density at radius 1 is 0.696 bits per heavy atom. The van der Waals surface area contributed by atoms with Crippen molar-refractivity contribution in [3.63, 3.8) is 0 Å². The number of carbonyl (C=O) groups excluding carboxylic acids is 3. The minimum absolute atomic E-state index is 0.0541. The summed E-state index contributed by atoms with van der Waals surface area (Å²) in [5, 5.41) is 31.0. The van der Waals surface area contributed by atoms with Gasteiger partial charge in [-0.3, -0.25) is 14.4 Å². The van der Waals surface area contributed by atoms with Crippen molar-refractivity contribution in [1.82, 2.24) is 0 Å². The summed E-state index contributed by atoms with van der Waals surface area (Å²) in [6.45, 7) is 8.80. The van der Waals surface area contributed by atoms with Gasteiger partial charge in [0.15, 0.2) is 17.3 Å². The molecule has 254 valence electrons. The standard InChI is InChI=1S/C21H30O4.C19H28O2/c1-20-8-7-13(23)9-12(20)3-4-14-15-5-6-16(18(25)11-22)21(15,2)10-17(24)19(14)20;1-18-9-7-13(20)11-12(18)3-4-14-15-5-6-17(21)19(15,2)10-8-16(14)18/h9,14-17,19,22,24H,3-8,10-11H2,1-2H3;11,14-17,21H,3-10H2,1-2H3/t14-,15-,16+,17-,19+,20-,21-;14-,15-,16-,17-,18-,19-/m00/s1. The second-order valence-corrected chi connectivity index (χ2v) is 18.0. The van der Waals surface area contributed by atoms with E-state index in [0.29, 0.717) is 36.4 Å². The molecule has 46 heavy (non-hydrogen) atoms. The van der Waals surface area contributed by atoms with Crippen molar-refractivity contribution in [2.75, 3.05) is 6.61 Å². The van der Waals surface area contributed by atoms with Crippen molar-refractivity contribution in [3.8, 4) is 0 Å². The predicted octanol–water partition coefficient (Wildman–Crippen LogP) is 6.55. The van der Waals surface area contributed by atoms with Crippen LogP contribution in [0, 0.1) is 63.1 Å². The van der Waals surface area contributed by atoms with E-state index in [0.717, 1.165) is 69.6 Å². The number of Topliss-reactive ketones (excluding diaryl/α,β-unsaturated/α-hetero) is 1. The smallest absolute Gasteiger partial charge is 0.161 e. The van der Waals surface area contributed by atoms with Gasteiger partial charge in [-0.1, -0.05) is 38.8 Å². The fourth-order valence-electron chi connectivity index (χ4n) is 13.9. The molecule has 0 spiro atoms. The van der Waals surface area contributed by atoms with Crippen LogP contribution in [-0.4, -0.2) is 51.5 Å². The van der Waals surface area contributed by atoms with Crippen LogP contribution in [0.4, 0.5) is 0 Å². The van der Waals surface area contributed by atoms with Gasteiger partial charge in [-0.2, -0.15) is 0 Å². The van der Waals surface area contributed by atoms with Crippen molar-refractivity contribution in [2.24, 2.45) is 63.1 Å². The summed E-state index contributed by atoms with van der Waals surface area (Å²) < 4.78 is 0. The summed E-state index contributed by atoms with van der Waals surface area (Å²) >= 11 is 0. The number of aliphatic hydroxyl groups excluding tert-OH is 3. The van der Waals surface area contributed by atoms with Crippen LogP contribution in [0.15, 0.2) is 23.3 Å². The Morgan fingerprint density at radius 3 is 1.96 bits per heavy atom. The zero-order valence-corrected chi connectivity index (χ0v) is 28.7. The van der Waals surface area contributed by atoms with Crippen molar-refractivity contribution in [1.29, 1.82) is 0 Å². The van der Waals surface area contributed by atoms with E-state index in [9.17, 15) is 29.7 Å². The third-order valence-corrected chi connectivity index (χ3v) is 16.3. The van der Waals surface area contributed by atoms with Crippen LogP contribution in [0.3, 0.4) is 0 Å². The van der Waals surface area contributed by atoms with Gasteiger partial charge in [0.2, 0.25) is 0 Å². The number of fused-ring (bicyclic) bond motifs is 10. The maximum absolute atomic E-state index is 12.3. The Bertz CT molecular complexity index is 1350.